The molecule has 0 spiro atoms. The molecule has 0 bridgehead atoms. The Labute approximate surface area is 95.4 Å². The number of hydrogen-bond donors (Lipinski definition) is 2. The highest BCUT2D eigenvalue weighted by Crippen LogP contribution is 1.86. The Morgan fingerprint density at radius 3 is 3.00 bits per heavy atom. The van der Waals surface area contributed by atoms with E-state index in [0.717, 1.165) is 26.1 Å². The van der Waals surface area contributed by atoms with Gasteiger partial charge in [0.2, 0.25) is 5.91 Å². The molecule has 6 heteroatoms. The van der Waals surface area contributed by atoms with Crippen molar-refractivity contribution in [2.75, 3.05) is 19.6 Å². The van der Waals surface area contributed by atoms with Crippen molar-refractivity contribution in [2.24, 2.45) is 0 Å². The van der Waals surface area contributed by atoms with Crippen molar-refractivity contribution in [2.45, 2.75) is 26.3 Å². The SMILES string of the molecule is CCNCCC(=O)NCCCn1ccnn1. The van der Waals surface area contributed by atoms with Crippen LogP contribution in [0, 0.1) is 0 Å². The zero-order chi connectivity index (χ0) is 11.6. The summed E-state index contributed by atoms with van der Waals surface area (Å²) < 4.78 is 1.75. The number of aryl methyl sites for hydroxylation is 1. The van der Waals surface area contributed by atoms with Crippen LogP contribution in [0.1, 0.15) is 19.8 Å². The second-order valence-electron chi connectivity index (χ2n) is 3.47. The molecule has 0 radical (unpaired) electrons. The normalized spacial score (nSPS) is 10.3. The molecular weight excluding hydrogens is 206 g/mol. The van der Waals surface area contributed by atoms with Crippen LogP contribution in [0.15, 0.2) is 12.4 Å². The molecule has 0 atom stereocenters. The van der Waals surface area contributed by atoms with Crippen molar-refractivity contribution in [1.82, 2.24) is 25.6 Å². The summed E-state index contributed by atoms with van der Waals surface area (Å²) in [6.07, 6.45) is 4.87. The minimum atomic E-state index is 0.0968. The first-order valence-electron chi connectivity index (χ1n) is 5.64. The second-order valence-corrected chi connectivity index (χ2v) is 3.47. The monoisotopic (exact) mass is 225 g/mol. The molecule has 1 rings (SSSR count). The van der Waals surface area contributed by atoms with E-state index in [1.807, 2.05) is 13.1 Å². The van der Waals surface area contributed by atoms with Gasteiger partial charge in [0.05, 0.1) is 6.20 Å². The third-order valence-electron chi connectivity index (χ3n) is 2.14. The molecule has 0 aliphatic rings. The van der Waals surface area contributed by atoms with Crippen molar-refractivity contribution < 1.29 is 4.79 Å². The van der Waals surface area contributed by atoms with E-state index in [9.17, 15) is 4.79 Å². The number of hydrogen-bond acceptors (Lipinski definition) is 4. The van der Waals surface area contributed by atoms with Gasteiger partial charge in [-0.2, -0.15) is 0 Å². The van der Waals surface area contributed by atoms with Crippen LogP contribution in [0.5, 0.6) is 0 Å². The van der Waals surface area contributed by atoms with E-state index < -0.39 is 0 Å². The van der Waals surface area contributed by atoms with E-state index in [-0.39, 0.29) is 5.91 Å². The molecule has 1 amide bonds. The molecule has 1 heterocycles. The zero-order valence-corrected chi connectivity index (χ0v) is 9.65. The number of carbonyl (C=O) groups is 1. The number of amides is 1. The molecule has 0 saturated heterocycles. The molecular formula is C10H19N5O. The van der Waals surface area contributed by atoms with E-state index >= 15 is 0 Å². The molecule has 0 fully saturated rings. The number of aromatic nitrogens is 3. The van der Waals surface area contributed by atoms with E-state index in [4.69, 9.17) is 0 Å². The van der Waals surface area contributed by atoms with Crippen molar-refractivity contribution in [3.8, 4) is 0 Å². The molecule has 16 heavy (non-hydrogen) atoms. The molecule has 90 valence electrons. The van der Waals surface area contributed by atoms with Gasteiger partial charge in [0.1, 0.15) is 0 Å². The van der Waals surface area contributed by atoms with Crippen molar-refractivity contribution in [3.05, 3.63) is 12.4 Å². The maximum absolute atomic E-state index is 11.3. The fourth-order valence-electron chi connectivity index (χ4n) is 1.29. The fourth-order valence-corrected chi connectivity index (χ4v) is 1.29. The summed E-state index contributed by atoms with van der Waals surface area (Å²) in [6, 6.07) is 0. The fraction of sp³-hybridized carbons (Fsp3) is 0.700. The summed E-state index contributed by atoms with van der Waals surface area (Å²) in [4.78, 5) is 11.3. The predicted octanol–water partition coefficient (Wildman–Crippen LogP) is -0.216. The Kier molecular flexibility index (Phi) is 6.17. The minimum Gasteiger partial charge on any atom is -0.356 e. The van der Waals surface area contributed by atoms with Gasteiger partial charge in [0.15, 0.2) is 0 Å². The lowest BCUT2D eigenvalue weighted by molar-refractivity contribution is -0.121. The maximum atomic E-state index is 11.3. The van der Waals surface area contributed by atoms with Crippen LogP contribution in [-0.2, 0) is 11.3 Å². The first-order chi connectivity index (χ1) is 7.83. The lowest BCUT2D eigenvalue weighted by Gasteiger charge is -2.05. The summed E-state index contributed by atoms with van der Waals surface area (Å²) in [5, 5.41) is 13.5. The van der Waals surface area contributed by atoms with Crippen LogP contribution in [-0.4, -0.2) is 40.5 Å². The Hall–Kier alpha value is -1.43. The average molecular weight is 225 g/mol. The highest BCUT2D eigenvalue weighted by molar-refractivity contribution is 5.75. The predicted molar refractivity (Wildman–Crippen MR) is 60.8 cm³/mol. The third-order valence-corrected chi connectivity index (χ3v) is 2.14. The van der Waals surface area contributed by atoms with Gasteiger partial charge in [0, 0.05) is 32.3 Å². The average Bonchev–Trinajstić information content (AvgIpc) is 2.78. The van der Waals surface area contributed by atoms with Gasteiger partial charge in [0.25, 0.3) is 0 Å². The molecule has 0 aliphatic carbocycles. The topological polar surface area (TPSA) is 71.8 Å². The van der Waals surface area contributed by atoms with Crippen LogP contribution in [0.3, 0.4) is 0 Å². The van der Waals surface area contributed by atoms with Crippen molar-refractivity contribution in [1.29, 1.82) is 0 Å². The van der Waals surface area contributed by atoms with Crippen LogP contribution >= 0.6 is 0 Å². The number of carbonyl (C=O) groups excluding carboxylic acids is 1. The first kappa shape index (κ1) is 12.6. The maximum Gasteiger partial charge on any atom is 0.221 e. The van der Waals surface area contributed by atoms with Gasteiger partial charge >= 0.3 is 0 Å². The molecule has 0 unspecified atom stereocenters. The minimum absolute atomic E-state index is 0.0968. The molecule has 6 nitrogen and oxygen atoms in total. The highest BCUT2D eigenvalue weighted by Gasteiger charge is 1.99. The van der Waals surface area contributed by atoms with E-state index in [1.54, 1.807) is 10.9 Å². The van der Waals surface area contributed by atoms with Crippen LogP contribution in [0.4, 0.5) is 0 Å². The van der Waals surface area contributed by atoms with E-state index in [1.165, 1.54) is 0 Å². The van der Waals surface area contributed by atoms with Crippen LogP contribution in [0.25, 0.3) is 0 Å². The molecule has 1 aromatic rings. The number of rotatable bonds is 8. The van der Waals surface area contributed by atoms with Gasteiger partial charge in [-0.3, -0.25) is 9.48 Å². The lowest BCUT2D eigenvalue weighted by Crippen LogP contribution is -2.28. The smallest absolute Gasteiger partial charge is 0.221 e. The number of nitrogens with one attached hydrogen (secondary N) is 2. The van der Waals surface area contributed by atoms with E-state index in [0.29, 0.717) is 13.0 Å². The van der Waals surface area contributed by atoms with Crippen molar-refractivity contribution >= 4 is 5.91 Å². The Morgan fingerprint density at radius 2 is 2.31 bits per heavy atom. The van der Waals surface area contributed by atoms with Gasteiger partial charge in [-0.05, 0) is 13.0 Å². The molecule has 0 aromatic carbocycles. The molecule has 2 N–H and O–H groups in total. The van der Waals surface area contributed by atoms with Gasteiger partial charge in [-0.25, -0.2) is 0 Å². The number of nitrogens with zero attached hydrogens (tertiary/aromatic N) is 3. The largest absolute Gasteiger partial charge is 0.356 e. The summed E-state index contributed by atoms with van der Waals surface area (Å²) in [5.41, 5.74) is 0. The van der Waals surface area contributed by atoms with E-state index in [2.05, 4.69) is 20.9 Å². The van der Waals surface area contributed by atoms with Gasteiger partial charge in [-0.1, -0.05) is 12.1 Å². The summed E-state index contributed by atoms with van der Waals surface area (Å²) in [5.74, 6) is 0.0968. The molecule has 1 aromatic heterocycles. The van der Waals surface area contributed by atoms with Crippen molar-refractivity contribution in [3.63, 3.8) is 0 Å². The van der Waals surface area contributed by atoms with Crippen LogP contribution in [0.2, 0.25) is 0 Å². The Balaban J connectivity index is 1.96. The van der Waals surface area contributed by atoms with Gasteiger partial charge < -0.3 is 10.6 Å². The lowest BCUT2D eigenvalue weighted by atomic mass is 10.3. The molecule has 0 aliphatic heterocycles. The summed E-state index contributed by atoms with van der Waals surface area (Å²) in [7, 11) is 0. The first-order valence-corrected chi connectivity index (χ1v) is 5.64. The van der Waals surface area contributed by atoms with Crippen LogP contribution < -0.4 is 10.6 Å². The third kappa shape index (κ3) is 5.45. The molecule has 0 saturated carbocycles. The Bertz CT molecular complexity index is 285. The quantitative estimate of drug-likeness (QED) is 0.600. The zero-order valence-electron chi connectivity index (χ0n) is 9.65. The highest BCUT2D eigenvalue weighted by atomic mass is 16.1. The summed E-state index contributed by atoms with van der Waals surface area (Å²) >= 11 is 0. The standard InChI is InChI=1S/C10H19N5O/c1-2-11-6-4-10(16)12-5-3-8-15-9-7-13-14-15/h7,9,11H,2-6,8H2,1H3,(H,12,16). The second kappa shape index (κ2) is 7.81. The van der Waals surface area contributed by atoms with Gasteiger partial charge in [-0.15, -0.1) is 5.10 Å². The summed E-state index contributed by atoms with van der Waals surface area (Å²) in [6.45, 7) is 5.14. The Morgan fingerprint density at radius 1 is 1.44 bits per heavy atom.